The van der Waals surface area contributed by atoms with Gasteiger partial charge in [0.25, 0.3) is 0 Å². The Morgan fingerprint density at radius 1 is 0.950 bits per heavy atom. The fraction of sp³-hybridized carbons (Fsp3) is 0.111. The Bertz CT molecular complexity index is 597. The zero-order valence-electron chi connectivity index (χ0n) is 11.8. The van der Waals surface area contributed by atoms with Crippen LogP contribution in [0.25, 0.3) is 0 Å². The van der Waals surface area contributed by atoms with Crippen LogP contribution in [-0.4, -0.2) is 0 Å². The maximum absolute atomic E-state index is 4.22. The highest BCUT2D eigenvalue weighted by atomic mass is 32.1. The molecule has 0 aliphatic rings. The molecule has 0 spiro atoms. The van der Waals surface area contributed by atoms with Crippen LogP contribution in [0.3, 0.4) is 0 Å². The third-order valence-corrected chi connectivity index (χ3v) is 3.08. The van der Waals surface area contributed by atoms with E-state index < -0.39 is 0 Å². The van der Waals surface area contributed by atoms with Crippen LogP contribution >= 0.6 is 21.9 Å². The summed E-state index contributed by atoms with van der Waals surface area (Å²) in [5.74, 6) is 6.21. The lowest BCUT2D eigenvalue weighted by Crippen LogP contribution is -1.75. The Hall–Kier alpha value is -1.48. The first-order chi connectivity index (χ1) is 9.61. The van der Waals surface area contributed by atoms with Crippen molar-refractivity contribution in [3.63, 3.8) is 0 Å². The molecule has 102 valence electrons. The van der Waals surface area contributed by atoms with Gasteiger partial charge in [-0.05, 0) is 50.2 Å². The van der Waals surface area contributed by atoms with Gasteiger partial charge in [-0.2, -0.15) is 0 Å². The summed E-state index contributed by atoms with van der Waals surface area (Å²) in [4.78, 5) is 0.959. The zero-order valence-corrected chi connectivity index (χ0v) is 13.8. The quantitative estimate of drug-likeness (QED) is 0.387. The van der Waals surface area contributed by atoms with Crippen molar-refractivity contribution in [1.82, 2.24) is 0 Å². The summed E-state index contributed by atoms with van der Waals surface area (Å²) in [5, 5.41) is 1.30. The summed E-state index contributed by atoms with van der Waals surface area (Å²) in [6.07, 6.45) is 2.05. The molecular weight excluding hydrogens is 279 g/mol. The Labute approximate surface area is 129 Å². The summed E-state index contributed by atoms with van der Waals surface area (Å²) >= 11 is 4.22. The van der Waals surface area contributed by atoms with E-state index in [2.05, 4.69) is 33.7 Å². The molecule has 0 bridgehead atoms. The molecule has 2 rings (SSSR count). The van der Waals surface area contributed by atoms with Gasteiger partial charge in [-0.3, -0.25) is 0 Å². The van der Waals surface area contributed by atoms with E-state index in [1.165, 1.54) is 5.31 Å². The van der Waals surface area contributed by atoms with Crippen molar-refractivity contribution >= 4 is 21.9 Å². The maximum Gasteiger partial charge on any atom is 0.0249 e. The molecule has 2 aromatic carbocycles. The highest BCUT2D eigenvalue weighted by molar-refractivity contribution is 7.80. The number of thiol groups is 1. The van der Waals surface area contributed by atoms with Crippen molar-refractivity contribution in [3.05, 3.63) is 77.1 Å². The fourth-order valence-electron chi connectivity index (χ4n) is 1.21. The molecule has 0 aliphatic carbocycles. The van der Waals surface area contributed by atoms with Crippen molar-refractivity contribution in [2.75, 3.05) is 0 Å². The van der Waals surface area contributed by atoms with E-state index in [4.69, 9.17) is 0 Å². The second-order valence-corrected chi connectivity index (χ2v) is 5.62. The van der Waals surface area contributed by atoms with Gasteiger partial charge in [0, 0.05) is 16.0 Å². The van der Waals surface area contributed by atoms with Crippen LogP contribution in [0, 0.1) is 11.8 Å². The van der Waals surface area contributed by atoms with Gasteiger partial charge in [0.1, 0.15) is 0 Å². The van der Waals surface area contributed by atoms with E-state index in [1.807, 2.05) is 74.5 Å². The van der Waals surface area contributed by atoms with Crippen molar-refractivity contribution < 1.29 is 0 Å². The highest BCUT2D eigenvalue weighted by Crippen LogP contribution is 2.06. The lowest BCUT2D eigenvalue weighted by Gasteiger charge is -1.91. The first-order valence-corrected chi connectivity index (χ1v) is 7.38. The third-order valence-electron chi connectivity index (χ3n) is 2.45. The van der Waals surface area contributed by atoms with E-state index in [9.17, 15) is 0 Å². The highest BCUT2D eigenvalue weighted by Gasteiger charge is 1.86. The summed E-state index contributed by atoms with van der Waals surface area (Å²) in [5.41, 5.74) is 2.05. The number of benzene rings is 2. The molecule has 0 saturated carbocycles. The van der Waals surface area contributed by atoms with Gasteiger partial charge >= 0.3 is 0 Å². The van der Waals surface area contributed by atoms with Gasteiger partial charge in [0.05, 0.1) is 0 Å². The summed E-state index contributed by atoms with van der Waals surface area (Å²) in [7, 11) is 2.59. The van der Waals surface area contributed by atoms with Crippen LogP contribution in [0.5, 0.6) is 0 Å². The van der Waals surface area contributed by atoms with Crippen LogP contribution in [0.4, 0.5) is 0 Å². The van der Waals surface area contributed by atoms with Gasteiger partial charge in [-0.15, -0.1) is 21.9 Å². The van der Waals surface area contributed by atoms with Crippen molar-refractivity contribution in [2.45, 2.75) is 18.7 Å². The summed E-state index contributed by atoms with van der Waals surface area (Å²) in [6.45, 7) is 4.06. The maximum atomic E-state index is 4.22. The minimum absolute atomic E-state index is 0.959. The Morgan fingerprint density at radius 3 is 1.85 bits per heavy atom. The topological polar surface area (TPSA) is 0 Å². The molecule has 1 unspecified atom stereocenters. The summed E-state index contributed by atoms with van der Waals surface area (Å²) in [6, 6.07) is 17.8. The van der Waals surface area contributed by atoms with Crippen LogP contribution in [0.1, 0.15) is 25.0 Å². The van der Waals surface area contributed by atoms with Crippen LogP contribution in [0.2, 0.25) is 0 Å². The largest absolute Gasteiger partial charge is 0.143 e. The SMILES string of the molecule is C/C=C(\C)P.Sc1ccc(C#Cc2ccccc2)cc1. The molecule has 0 heterocycles. The van der Waals surface area contributed by atoms with Crippen molar-refractivity contribution in [2.24, 2.45) is 0 Å². The van der Waals surface area contributed by atoms with Crippen LogP contribution in [0.15, 0.2) is 70.9 Å². The van der Waals surface area contributed by atoms with Gasteiger partial charge in [-0.1, -0.05) is 41.4 Å². The molecular formula is C18H19PS. The molecule has 2 heteroatoms. The second-order valence-electron chi connectivity index (χ2n) is 4.20. The van der Waals surface area contributed by atoms with Crippen LogP contribution < -0.4 is 0 Å². The summed E-state index contributed by atoms with van der Waals surface area (Å²) < 4.78 is 0. The smallest absolute Gasteiger partial charge is 0.0249 e. The molecule has 0 amide bonds. The first-order valence-electron chi connectivity index (χ1n) is 6.36. The number of rotatable bonds is 0. The molecule has 20 heavy (non-hydrogen) atoms. The molecule has 0 nitrogen and oxygen atoms in total. The van der Waals surface area contributed by atoms with E-state index in [0.29, 0.717) is 0 Å². The Kier molecular flexibility index (Phi) is 7.81. The first kappa shape index (κ1) is 16.6. The minimum Gasteiger partial charge on any atom is -0.143 e. The number of allylic oxidation sites excluding steroid dienone is 2. The second kappa shape index (κ2) is 9.43. The van der Waals surface area contributed by atoms with E-state index >= 15 is 0 Å². The van der Waals surface area contributed by atoms with Gasteiger partial charge in [0.15, 0.2) is 0 Å². The lowest BCUT2D eigenvalue weighted by molar-refractivity contribution is 1.46. The molecule has 0 fully saturated rings. The Morgan fingerprint density at radius 2 is 1.40 bits per heavy atom. The zero-order chi connectivity index (χ0) is 14.8. The average Bonchev–Trinajstić information content (AvgIpc) is 2.48. The fourth-order valence-corrected chi connectivity index (χ4v) is 1.36. The third kappa shape index (κ3) is 7.19. The lowest BCUT2D eigenvalue weighted by atomic mass is 10.2. The van der Waals surface area contributed by atoms with Gasteiger partial charge in [-0.25, -0.2) is 0 Å². The monoisotopic (exact) mass is 298 g/mol. The van der Waals surface area contributed by atoms with E-state index in [0.717, 1.165) is 16.0 Å². The number of hydrogen-bond acceptors (Lipinski definition) is 1. The van der Waals surface area contributed by atoms with E-state index in [-0.39, 0.29) is 0 Å². The molecule has 0 radical (unpaired) electrons. The average molecular weight is 298 g/mol. The molecule has 0 aliphatic heterocycles. The standard InChI is InChI=1S/C14H10S.C4H9P/c15-14-10-8-13(9-11-14)7-6-12-4-2-1-3-5-12;1-3-4(2)5/h1-5,8-11,15H;3H,5H2,1-2H3/b;4-3+. The Balaban J connectivity index is 0.000000347. The van der Waals surface area contributed by atoms with Crippen molar-refractivity contribution in [3.8, 4) is 11.8 Å². The van der Waals surface area contributed by atoms with E-state index in [1.54, 1.807) is 0 Å². The molecule has 1 atom stereocenters. The molecule has 0 saturated heterocycles. The van der Waals surface area contributed by atoms with Crippen LogP contribution in [-0.2, 0) is 0 Å². The predicted octanol–water partition coefficient (Wildman–Crippen LogP) is 5.16. The van der Waals surface area contributed by atoms with Gasteiger partial charge < -0.3 is 0 Å². The normalized spacial score (nSPS) is 9.90. The number of hydrogen-bond donors (Lipinski definition) is 1. The minimum atomic E-state index is 0.959. The van der Waals surface area contributed by atoms with Crippen molar-refractivity contribution in [1.29, 1.82) is 0 Å². The van der Waals surface area contributed by atoms with Gasteiger partial charge in [0.2, 0.25) is 0 Å². The molecule has 2 aromatic rings. The molecule has 0 aromatic heterocycles. The predicted molar refractivity (Wildman–Crippen MR) is 95.3 cm³/mol. The molecule has 0 N–H and O–H groups in total.